The zero-order valence-electron chi connectivity index (χ0n) is 5.56. The van der Waals surface area contributed by atoms with Gasteiger partial charge in [0.05, 0.1) is 0 Å². The smallest absolute Gasteiger partial charge is 0.0366 e. The Morgan fingerprint density at radius 1 is 1.22 bits per heavy atom. The van der Waals surface area contributed by atoms with Gasteiger partial charge >= 0.3 is 0 Å². The monoisotopic (exact) mass is 121 g/mol. The summed E-state index contributed by atoms with van der Waals surface area (Å²) < 4.78 is 0. The van der Waals surface area contributed by atoms with Crippen LogP contribution in [0.4, 0.5) is 0 Å². The third-order valence-electron chi connectivity index (χ3n) is 2.01. The molecule has 0 aromatic carbocycles. The van der Waals surface area contributed by atoms with Gasteiger partial charge in [-0.05, 0) is 32.1 Å². The van der Waals surface area contributed by atoms with Crippen molar-refractivity contribution in [3.8, 4) is 0 Å². The number of nitrogens with zero attached hydrogens (tertiary/aromatic N) is 1. The molecule has 0 aromatic rings. The topological polar surface area (TPSA) is 12.4 Å². The second-order valence-electron chi connectivity index (χ2n) is 2.77. The normalized spacial score (nSPS) is 24.0. The molecule has 0 spiro atoms. The van der Waals surface area contributed by atoms with E-state index in [1.165, 1.54) is 43.5 Å². The van der Waals surface area contributed by atoms with Gasteiger partial charge in [0.15, 0.2) is 0 Å². The van der Waals surface area contributed by atoms with Gasteiger partial charge in [0, 0.05) is 11.4 Å². The van der Waals surface area contributed by atoms with Crippen LogP contribution in [0.5, 0.6) is 0 Å². The van der Waals surface area contributed by atoms with Crippen molar-refractivity contribution in [3.05, 3.63) is 11.8 Å². The minimum absolute atomic E-state index is 1.23. The Balaban J connectivity index is 2.00. The van der Waals surface area contributed by atoms with Crippen LogP contribution in [0.1, 0.15) is 32.1 Å². The molecule has 2 aliphatic carbocycles. The van der Waals surface area contributed by atoms with E-state index in [-0.39, 0.29) is 0 Å². The maximum absolute atomic E-state index is 4.47. The van der Waals surface area contributed by atoms with Gasteiger partial charge in [-0.1, -0.05) is 6.08 Å². The van der Waals surface area contributed by atoms with Gasteiger partial charge in [-0.25, -0.2) is 0 Å². The molecule has 1 fully saturated rings. The second kappa shape index (κ2) is 1.98. The summed E-state index contributed by atoms with van der Waals surface area (Å²) in [5.41, 5.74) is 2.77. The van der Waals surface area contributed by atoms with Gasteiger partial charge < -0.3 is 0 Å². The lowest BCUT2D eigenvalue weighted by Crippen LogP contribution is -2.10. The fraction of sp³-hybridized carbons (Fsp3) is 0.625. The Morgan fingerprint density at radius 3 is 2.33 bits per heavy atom. The van der Waals surface area contributed by atoms with Crippen LogP contribution in [-0.2, 0) is 0 Å². The summed E-state index contributed by atoms with van der Waals surface area (Å²) >= 11 is 0. The van der Waals surface area contributed by atoms with Gasteiger partial charge in [0.2, 0.25) is 0 Å². The van der Waals surface area contributed by atoms with Gasteiger partial charge in [0.1, 0.15) is 0 Å². The first-order valence-electron chi connectivity index (χ1n) is 3.70. The number of rotatable bonds is 1. The van der Waals surface area contributed by atoms with Crippen molar-refractivity contribution < 1.29 is 0 Å². The van der Waals surface area contributed by atoms with E-state index in [1.807, 2.05) is 0 Å². The number of hydrogen-bond donors (Lipinski definition) is 0. The third kappa shape index (κ3) is 0.913. The highest BCUT2D eigenvalue weighted by Gasteiger charge is 2.12. The molecule has 48 valence electrons. The Morgan fingerprint density at radius 2 is 2.00 bits per heavy atom. The van der Waals surface area contributed by atoms with Crippen molar-refractivity contribution in [3.63, 3.8) is 0 Å². The van der Waals surface area contributed by atoms with E-state index < -0.39 is 0 Å². The fourth-order valence-electron chi connectivity index (χ4n) is 1.02. The number of allylic oxidation sites excluding steroid dienone is 2. The van der Waals surface area contributed by atoms with Crippen molar-refractivity contribution in [1.82, 2.24) is 0 Å². The van der Waals surface area contributed by atoms with E-state index in [1.54, 1.807) is 0 Å². The van der Waals surface area contributed by atoms with Crippen molar-refractivity contribution in [2.45, 2.75) is 32.1 Å². The first-order chi connectivity index (χ1) is 4.45. The Bertz CT molecular complexity index is 171. The van der Waals surface area contributed by atoms with Gasteiger partial charge in [0.25, 0.3) is 0 Å². The molecule has 0 unspecified atom stereocenters. The highest BCUT2D eigenvalue weighted by atomic mass is 14.8. The van der Waals surface area contributed by atoms with Crippen LogP contribution in [0.2, 0.25) is 0 Å². The zero-order chi connectivity index (χ0) is 6.10. The van der Waals surface area contributed by atoms with Crippen molar-refractivity contribution in [2.24, 2.45) is 4.99 Å². The standard InChI is InChI=1S/C8H11N/c1-3-7(4-1)9-8-5-2-6-8/h3H,1-2,4-6H2. The quantitative estimate of drug-likeness (QED) is 0.504. The molecule has 2 aliphatic rings. The van der Waals surface area contributed by atoms with E-state index in [2.05, 4.69) is 11.1 Å². The Kier molecular flexibility index (Phi) is 1.15. The number of hydrogen-bond acceptors (Lipinski definition) is 1. The summed E-state index contributed by atoms with van der Waals surface area (Å²) in [6, 6.07) is 0. The molecular formula is C8H11N. The van der Waals surface area contributed by atoms with Crippen LogP contribution in [0.3, 0.4) is 0 Å². The molecule has 9 heavy (non-hydrogen) atoms. The van der Waals surface area contributed by atoms with Crippen LogP contribution in [0.15, 0.2) is 16.8 Å². The molecule has 0 heterocycles. The summed E-state index contributed by atoms with van der Waals surface area (Å²) in [5.74, 6) is 0. The zero-order valence-corrected chi connectivity index (χ0v) is 5.56. The van der Waals surface area contributed by atoms with Crippen LogP contribution in [0, 0.1) is 0 Å². The Labute approximate surface area is 55.5 Å². The molecule has 0 saturated heterocycles. The average molecular weight is 121 g/mol. The minimum atomic E-state index is 1.23. The van der Waals surface area contributed by atoms with Crippen molar-refractivity contribution in [2.75, 3.05) is 0 Å². The lowest BCUT2D eigenvalue weighted by Gasteiger charge is -2.17. The minimum Gasteiger partial charge on any atom is -0.263 e. The summed E-state index contributed by atoms with van der Waals surface area (Å²) in [5, 5.41) is 0. The average Bonchev–Trinajstić information content (AvgIpc) is 1.57. The number of aliphatic imine (C=N–C) groups is 1. The van der Waals surface area contributed by atoms with E-state index in [0.29, 0.717) is 0 Å². The van der Waals surface area contributed by atoms with Crippen LogP contribution < -0.4 is 0 Å². The highest BCUT2D eigenvalue weighted by molar-refractivity contribution is 5.90. The predicted molar refractivity (Wildman–Crippen MR) is 38.6 cm³/mol. The molecule has 1 nitrogen and oxygen atoms in total. The largest absolute Gasteiger partial charge is 0.263 e. The van der Waals surface area contributed by atoms with Gasteiger partial charge in [-0.3, -0.25) is 4.99 Å². The first-order valence-corrected chi connectivity index (χ1v) is 3.70. The van der Waals surface area contributed by atoms with E-state index in [9.17, 15) is 0 Å². The highest BCUT2D eigenvalue weighted by Crippen LogP contribution is 2.23. The molecular weight excluding hydrogens is 110 g/mol. The summed E-state index contributed by atoms with van der Waals surface area (Å²) in [7, 11) is 0. The molecule has 1 heteroatoms. The molecule has 0 bridgehead atoms. The molecule has 0 amide bonds. The summed E-state index contributed by atoms with van der Waals surface area (Å²) in [6.45, 7) is 0. The first kappa shape index (κ1) is 5.21. The molecule has 2 rings (SSSR count). The second-order valence-corrected chi connectivity index (χ2v) is 2.77. The van der Waals surface area contributed by atoms with Crippen LogP contribution >= 0.6 is 0 Å². The fourth-order valence-corrected chi connectivity index (χ4v) is 1.02. The van der Waals surface area contributed by atoms with Gasteiger partial charge in [-0.15, -0.1) is 0 Å². The maximum Gasteiger partial charge on any atom is 0.0366 e. The molecule has 0 aromatic heterocycles. The lowest BCUT2D eigenvalue weighted by molar-refractivity contribution is 0.779. The molecule has 0 atom stereocenters. The molecule has 0 N–H and O–H groups in total. The molecule has 0 radical (unpaired) electrons. The SMILES string of the molecule is C1=C(N=C2CCC2)CC1. The van der Waals surface area contributed by atoms with E-state index in [0.717, 1.165) is 0 Å². The van der Waals surface area contributed by atoms with Gasteiger partial charge in [-0.2, -0.15) is 0 Å². The van der Waals surface area contributed by atoms with Crippen molar-refractivity contribution in [1.29, 1.82) is 0 Å². The molecule has 0 aliphatic heterocycles. The summed E-state index contributed by atoms with van der Waals surface area (Å²) in [4.78, 5) is 4.47. The molecule has 1 saturated carbocycles. The van der Waals surface area contributed by atoms with E-state index in [4.69, 9.17) is 0 Å². The van der Waals surface area contributed by atoms with Crippen LogP contribution in [-0.4, -0.2) is 5.71 Å². The Hall–Kier alpha value is -0.590. The summed E-state index contributed by atoms with van der Waals surface area (Å²) in [6.07, 6.45) is 8.60. The van der Waals surface area contributed by atoms with E-state index >= 15 is 0 Å². The predicted octanol–water partition coefficient (Wildman–Crippen LogP) is 2.29. The maximum atomic E-state index is 4.47. The van der Waals surface area contributed by atoms with Crippen LogP contribution in [0.25, 0.3) is 0 Å². The van der Waals surface area contributed by atoms with Crippen molar-refractivity contribution >= 4 is 5.71 Å². The lowest BCUT2D eigenvalue weighted by atomic mass is 9.96. The third-order valence-corrected chi connectivity index (χ3v) is 2.01.